The highest BCUT2D eigenvalue weighted by Gasteiger charge is 2.45. The standard InChI is InChI=1S/C22H29N3O.2ClH/c1-18-21(20-11-7-4-8-12-20)26-22(23-24(18)2)13-15-25(16-14-22)17-19-9-5-3-6-10-19;;/h3-12,18,21,23H,13-17H2,1-2H3;2*1H/t18-,21-;;/m0../s1. The van der Waals surface area contributed by atoms with Crippen molar-refractivity contribution in [3.05, 3.63) is 71.8 Å². The molecule has 2 aliphatic heterocycles. The summed E-state index contributed by atoms with van der Waals surface area (Å²) < 4.78 is 6.70. The molecular formula is C22H31Cl2N3O. The summed E-state index contributed by atoms with van der Waals surface area (Å²) in [6.45, 7) is 5.34. The van der Waals surface area contributed by atoms with Gasteiger partial charge < -0.3 is 4.74 Å². The average molecular weight is 424 g/mol. The summed E-state index contributed by atoms with van der Waals surface area (Å²) >= 11 is 0. The van der Waals surface area contributed by atoms with Gasteiger partial charge in [-0.2, -0.15) is 0 Å². The summed E-state index contributed by atoms with van der Waals surface area (Å²) in [4.78, 5) is 2.53. The van der Waals surface area contributed by atoms with Gasteiger partial charge in [0.15, 0.2) is 0 Å². The summed E-state index contributed by atoms with van der Waals surface area (Å²) in [5.74, 6) is 0. The Morgan fingerprint density at radius 2 is 1.54 bits per heavy atom. The van der Waals surface area contributed by atoms with Crippen molar-refractivity contribution in [1.82, 2.24) is 15.3 Å². The van der Waals surface area contributed by atoms with Gasteiger partial charge in [-0.05, 0) is 18.1 Å². The highest BCUT2D eigenvalue weighted by Crippen LogP contribution is 2.37. The van der Waals surface area contributed by atoms with Gasteiger partial charge in [0.2, 0.25) is 0 Å². The van der Waals surface area contributed by atoms with E-state index in [4.69, 9.17) is 4.74 Å². The van der Waals surface area contributed by atoms with Crippen molar-refractivity contribution in [2.24, 2.45) is 0 Å². The smallest absolute Gasteiger partial charge is 0.134 e. The van der Waals surface area contributed by atoms with Crippen molar-refractivity contribution in [3.63, 3.8) is 0 Å². The quantitative estimate of drug-likeness (QED) is 0.790. The summed E-state index contributed by atoms with van der Waals surface area (Å²) in [7, 11) is 2.14. The van der Waals surface area contributed by atoms with E-state index < -0.39 is 0 Å². The van der Waals surface area contributed by atoms with Crippen molar-refractivity contribution in [2.75, 3.05) is 20.1 Å². The molecular weight excluding hydrogens is 393 g/mol. The minimum atomic E-state index is -0.255. The molecule has 0 unspecified atom stereocenters. The van der Waals surface area contributed by atoms with Gasteiger partial charge in [0.05, 0.1) is 6.04 Å². The lowest BCUT2D eigenvalue weighted by Gasteiger charge is -2.52. The van der Waals surface area contributed by atoms with Crippen molar-refractivity contribution in [2.45, 2.75) is 44.2 Å². The predicted octanol–water partition coefficient (Wildman–Crippen LogP) is 4.42. The van der Waals surface area contributed by atoms with Crippen LogP contribution in [-0.4, -0.2) is 41.8 Å². The van der Waals surface area contributed by atoms with Gasteiger partial charge in [0.1, 0.15) is 11.8 Å². The molecule has 0 amide bonds. The van der Waals surface area contributed by atoms with Gasteiger partial charge >= 0.3 is 0 Å². The largest absolute Gasteiger partial charge is 0.350 e. The van der Waals surface area contributed by atoms with E-state index in [1.807, 2.05) is 0 Å². The first-order valence-electron chi connectivity index (χ1n) is 9.65. The van der Waals surface area contributed by atoms with E-state index in [1.165, 1.54) is 11.1 Å². The molecule has 2 aromatic carbocycles. The monoisotopic (exact) mass is 423 g/mol. The lowest BCUT2D eigenvalue weighted by molar-refractivity contribution is -0.236. The first-order valence-corrected chi connectivity index (χ1v) is 9.65. The van der Waals surface area contributed by atoms with Gasteiger partial charge in [-0.15, -0.1) is 24.8 Å². The second kappa shape index (κ2) is 10.1. The number of ether oxygens (including phenoxy) is 1. The zero-order chi connectivity index (χ0) is 18.0. The molecule has 0 saturated carbocycles. The lowest BCUT2D eigenvalue weighted by atomic mass is 9.95. The topological polar surface area (TPSA) is 27.7 Å². The van der Waals surface area contributed by atoms with Gasteiger partial charge in [-0.25, -0.2) is 10.4 Å². The predicted molar refractivity (Wildman–Crippen MR) is 119 cm³/mol. The van der Waals surface area contributed by atoms with E-state index in [9.17, 15) is 0 Å². The second-order valence-corrected chi connectivity index (χ2v) is 7.67. The van der Waals surface area contributed by atoms with Crippen LogP contribution in [0.5, 0.6) is 0 Å². The number of benzene rings is 2. The molecule has 6 heteroatoms. The molecule has 2 fully saturated rings. The Morgan fingerprint density at radius 1 is 0.964 bits per heavy atom. The first-order chi connectivity index (χ1) is 12.7. The average Bonchev–Trinajstić information content (AvgIpc) is 2.68. The molecule has 0 bridgehead atoms. The highest BCUT2D eigenvalue weighted by molar-refractivity contribution is 5.85. The Morgan fingerprint density at radius 3 is 2.14 bits per heavy atom. The highest BCUT2D eigenvalue weighted by atomic mass is 35.5. The number of likely N-dealkylation sites (tertiary alicyclic amines) is 1. The van der Waals surface area contributed by atoms with Crippen LogP contribution in [0.1, 0.15) is 37.0 Å². The Bertz CT molecular complexity index is 708. The van der Waals surface area contributed by atoms with Crippen LogP contribution < -0.4 is 5.43 Å². The number of halogens is 2. The minimum absolute atomic E-state index is 0. The van der Waals surface area contributed by atoms with Crippen LogP contribution in [0.3, 0.4) is 0 Å². The molecule has 2 atom stereocenters. The molecule has 154 valence electrons. The molecule has 0 aliphatic carbocycles. The normalized spacial score (nSPS) is 24.9. The molecule has 1 N–H and O–H groups in total. The first kappa shape index (κ1) is 23.1. The van der Waals surface area contributed by atoms with E-state index in [0.29, 0.717) is 6.04 Å². The maximum atomic E-state index is 6.70. The summed E-state index contributed by atoms with van der Waals surface area (Å²) in [6.07, 6.45) is 2.10. The van der Waals surface area contributed by atoms with Crippen LogP contribution in [0.4, 0.5) is 0 Å². The van der Waals surface area contributed by atoms with Crippen LogP contribution in [0.2, 0.25) is 0 Å². The number of piperidine rings is 1. The van der Waals surface area contributed by atoms with Crippen LogP contribution in [0, 0.1) is 0 Å². The van der Waals surface area contributed by atoms with Gasteiger partial charge in [-0.1, -0.05) is 60.7 Å². The van der Waals surface area contributed by atoms with Crippen LogP contribution >= 0.6 is 24.8 Å². The van der Waals surface area contributed by atoms with Crippen LogP contribution in [-0.2, 0) is 11.3 Å². The van der Waals surface area contributed by atoms with Crippen LogP contribution in [0.15, 0.2) is 60.7 Å². The Balaban J connectivity index is 0.00000140. The van der Waals surface area contributed by atoms with Gasteiger partial charge in [0, 0.05) is 39.5 Å². The fourth-order valence-electron chi connectivity index (χ4n) is 4.13. The van der Waals surface area contributed by atoms with E-state index in [2.05, 4.69) is 90.0 Å². The van der Waals surface area contributed by atoms with Crippen molar-refractivity contribution >= 4 is 24.8 Å². The number of rotatable bonds is 3. The molecule has 2 aliphatic rings. The van der Waals surface area contributed by atoms with Crippen molar-refractivity contribution < 1.29 is 4.74 Å². The fourth-order valence-corrected chi connectivity index (χ4v) is 4.13. The SMILES string of the molecule is C[C@H]1[C@@H](c2ccccc2)OC2(CCN(Cc3ccccc3)CC2)NN1C.Cl.Cl. The Hall–Kier alpha value is -1.14. The summed E-state index contributed by atoms with van der Waals surface area (Å²) in [5.41, 5.74) is 6.04. The van der Waals surface area contributed by atoms with E-state index in [1.54, 1.807) is 0 Å². The number of hydrazine groups is 1. The van der Waals surface area contributed by atoms with Crippen molar-refractivity contribution in [3.8, 4) is 0 Å². The number of hydrogen-bond acceptors (Lipinski definition) is 4. The summed E-state index contributed by atoms with van der Waals surface area (Å²) in [5, 5.41) is 2.24. The lowest BCUT2D eigenvalue weighted by Crippen LogP contribution is -2.66. The van der Waals surface area contributed by atoms with Crippen LogP contribution in [0.25, 0.3) is 0 Å². The van der Waals surface area contributed by atoms with E-state index in [-0.39, 0.29) is 36.6 Å². The molecule has 2 saturated heterocycles. The minimum Gasteiger partial charge on any atom is -0.350 e. The maximum absolute atomic E-state index is 6.70. The number of nitrogens with zero attached hydrogens (tertiary/aromatic N) is 2. The molecule has 0 aromatic heterocycles. The molecule has 28 heavy (non-hydrogen) atoms. The molecule has 2 heterocycles. The third-order valence-corrected chi connectivity index (χ3v) is 5.82. The molecule has 4 rings (SSSR count). The van der Waals surface area contributed by atoms with Gasteiger partial charge in [0.25, 0.3) is 0 Å². The number of likely N-dealkylation sites (N-methyl/N-ethyl adjacent to an activating group) is 1. The summed E-state index contributed by atoms with van der Waals surface area (Å²) in [6, 6.07) is 21.7. The third-order valence-electron chi connectivity index (χ3n) is 5.82. The molecule has 4 nitrogen and oxygen atoms in total. The molecule has 2 aromatic rings. The molecule has 1 spiro atoms. The maximum Gasteiger partial charge on any atom is 0.134 e. The van der Waals surface area contributed by atoms with E-state index in [0.717, 1.165) is 32.5 Å². The Labute approximate surface area is 181 Å². The second-order valence-electron chi connectivity index (χ2n) is 7.67. The zero-order valence-electron chi connectivity index (χ0n) is 16.6. The van der Waals surface area contributed by atoms with Crippen molar-refractivity contribution in [1.29, 1.82) is 0 Å². The van der Waals surface area contributed by atoms with Gasteiger partial charge in [-0.3, -0.25) is 4.90 Å². The number of hydrogen-bond donors (Lipinski definition) is 1. The fraction of sp³-hybridized carbons (Fsp3) is 0.455. The molecule has 0 radical (unpaired) electrons. The third kappa shape index (κ3) is 5.07. The Kier molecular flexibility index (Phi) is 8.31. The van der Waals surface area contributed by atoms with E-state index >= 15 is 0 Å². The number of nitrogens with one attached hydrogen (secondary N) is 1. The zero-order valence-corrected chi connectivity index (χ0v) is 18.2.